The summed E-state index contributed by atoms with van der Waals surface area (Å²) in [5, 5.41) is 9.74. The van der Waals surface area contributed by atoms with Crippen LogP contribution < -0.4 is 10.5 Å². The molecule has 0 saturated heterocycles. The van der Waals surface area contributed by atoms with Gasteiger partial charge in [0.05, 0.1) is 25.8 Å². The number of hydrogen-bond acceptors (Lipinski definition) is 5. The summed E-state index contributed by atoms with van der Waals surface area (Å²) in [6.07, 6.45) is 0. The maximum absolute atomic E-state index is 11.4. The number of rotatable bonds is 3. The Labute approximate surface area is 93.8 Å². The van der Waals surface area contributed by atoms with Gasteiger partial charge in [-0.15, -0.1) is 0 Å². The van der Waals surface area contributed by atoms with Crippen molar-refractivity contribution in [2.24, 2.45) is 0 Å². The molecule has 0 heterocycles. The predicted octanol–water partition coefficient (Wildman–Crippen LogP) is 1.26. The predicted molar refractivity (Wildman–Crippen MR) is 59.5 cm³/mol. The van der Waals surface area contributed by atoms with E-state index >= 15 is 0 Å². The largest absolute Gasteiger partial charge is 0.505 e. The number of benzene rings is 1. The van der Waals surface area contributed by atoms with E-state index in [1.807, 2.05) is 0 Å². The number of aromatic hydroxyl groups is 1. The minimum absolute atomic E-state index is 0.112. The molecule has 3 N–H and O–H groups in total. The highest BCUT2D eigenvalue weighted by atomic mass is 16.5. The number of phenolic OH excluding ortho intramolecular Hbond substituents is 1. The lowest BCUT2D eigenvalue weighted by Crippen LogP contribution is -2.11. The molecule has 0 bridgehead atoms. The summed E-state index contributed by atoms with van der Waals surface area (Å²) >= 11 is 0. The van der Waals surface area contributed by atoms with E-state index in [4.69, 9.17) is 10.5 Å². The lowest BCUT2D eigenvalue weighted by atomic mass is 9.99. The zero-order valence-electron chi connectivity index (χ0n) is 9.48. The van der Waals surface area contributed by atoms with Crippen LogP contribution in [-0.2, 0) is 9.53 Å². The van der Waals surface area contributed by atoms with Crippen molar-refractivity contribution >= 4 is 11.7 Å². The van der Waals surface area contributed by atoms with Crippen LogP contribution >= 0.6 is 0 Å². The van der Waals surface area contributed by atoms with Crippen molar-refractivity contribution in [1.82, 2.24) is 0 Å². The van der Waals surface area contributed by atoms with Crippen molar-refractivity contribution in [3.05, 3.63) is 17.7 Å². The van der Waals surface area contributed by atoms with Gasteiger partial charge in [0.2, 0.25) is 0 Å². The van der Waals surface area contributed by atoms with Crippen LogP contribution in [0.15, 0.2) is 12.1 Å². The van der Waals surface area contributed by atoms with Crippen molar-refractivity contribution < 1.29 is 19.4 Å². The van der Waals surface area contributed by atoms with Crippen LogP contribution in [0.1, 0.15) is 18.4 Å². The highest BCUT2D eigenvalue weighted by Crippen LogP contribution is 2.35. The van der Waals surface area contributed by atoms with Gasteiger partial charge < -0.3 is 20.3 Å². The molecule has 88 valence electrons. The van der Waals surface area contributed by atoms with Gasteiger partial charge in [0.25, 0.3) is 0 Å². The van der Waals surface area contributed by atoms with Crippen LogP contribution in [0.25, 0.3) is 0 Å². The van der Waals surface area contributed by atoms with Gasteiger partial charge in [-0.3, -0.25) is 4.79 Å². The fourth-order valence-electron chi connectivity index (χ4n) is 1.40. The first-order valence-electron chi connectivity index (χ1n) is 4.75. The summed E-state index contributed by atoms with van der Waals surface area (Å²) in [6.45, 7) is 1.62. The van der Waals surface area contributed by atoms with Crippen LogP contribution in [-0.4, -0.2) is 25.3 Å². The monoisotopic (exact) mass is 225 g/mol. The molecule has 0 aliphatic rings. The Morgan fingerprint density at radius 2 is 2.06 bits per heavy atom. The fourth-order valence-corrected chi connectivity index (χ4v) is 1.40. The average Bonchev–Trinajstić information content (AvgIpc) is 2.30. The van der Waals surface area contributed by atoms with Gasteiger partial charge in [0.15, 0.2) is 0 Å². The Balaban J connectivity index is 3.21. The third kappa shape index (κ3) is 2.18. The number of methoxy groups -OCH3 is 2. The number of anilines is 1. The molecule has 0 fully saturated rings. The van der Waals surface area contributed by atoms with Crippen LogP contribution in [0, 0.1) is 0 Å². The van der Waals surface area contributed by atoms with Gasteiger partial charge >= 0.3 is 5.97 Å². The summed E-state index contributed by atoms with van der Waals surface area (Å²) in [4.78, 5) is 11.4. The van der Waals surface area contributed by atoms with E-state index in [0.29, 0.717) is 11.3 Å². The molecule has 5 nitrogen and oxygen atoms in total. The molecule has 1 atom stereocenters. The van der Waals surface area contributed by atoms with Crippen molar-refractivity contribution in [1.29, 1.82) is 0 Å². The standard InChI is InChI=1S/C11H15NO4/c1-6(11(14)16-3)8-4-7(15-2)5-9(12)10(8)13/h4-6,13H,12H2,1-3H3. The third-order valence-corrected chi connectivity index (χ3v) is 2.40. The summed E-state index contributed by atoms with van der Waals surface area (Å²) in [6, 6.07) is 3.05. The van der Waals surface area contributed by atoms with E-state index < -0.39 is 11.9 Å². The average molecular weight is 225 g/mol. The molecular formula is C11H15NO4. The lowest BCUT2D eigenvalue weighted by Gasteiger charge is -2.14. The zero-order valence-corrected chi connectivity index (χ0v) is 9.48. The summed E-state index contributed by atoms with van der Waals surface area (Å²) < 4.78 is 9.61. The number of carbonyl (C=O) groups is 1. The summed E-state index contributed by atoms with van der Waals surface area (Å²) in [5.74, 6) is -0.662. The Hall–Kier alpha value is -1.91. The van der Waals surface area contributed by atoms with E-state index in [2.05, 4.69) is 4.74 Å². The van der Waals surface area contributed by atoms with Crippen molar-refractivity contribution in [2.75, 3.05) is 20.0 Å². The van der Waals surface area contributed by atoms with Crippen LogP contribution in [0.2, 0.25) is 0 Å². The van der Waals surface area contributed by atoms with Crippen molar-refractivity contribution in [3.8, 4) is 11.5 Å². The van der Waals surface area contributed by atoms with Gasteiger partial charge in [-0.05, 0) is 13.0 Å². The zero-order chi connectivity index (χ0) is 12.3. The smallest absolute Gasteiger partial charge is 0.312 e. The van der Waals surface area contributed by atoms with E-state index in [9.17, 15) is 9.90 Å². The SMILES string of the molecule is COC(=O)C(C)c1cc(OC)cc(N)c1O. The van der Waals surface area contributed by atoms with E-state index in [1.165, 1.54) is 20.3 Å². The number of hydrogen-bond donors (Lipinski definition) is 2. The first-order chi connectivity index (χ1) is 7.51. The van der Waals surface area contributed by atoms with Crippen molar-refractivity contribution in [2.45, 2.75) is 12.8 Å². The molecule has 0 radical (unpaired) electrons. The Morgan fingerprint density at radius 1 is 1.44 bits per heavy atom. The second-order valence-electron chi connectivity index (χ2n) is 3.40. The number of esters is 1. The van der Waals surface area contributed by atoms with Gasteiger partial charge in [0, 0.05) is 11.6 Å². The summed E-state index contributed by atoms with van der Waals surface area (Å²) in [7, 11) is 2.78. The maximum Gasteiger partial charge on any atom is 0.312 e. The van der Waals surface area contributed by atoms with Gasteiger partial charge in [-0.2, -0.15) is 0 Å². The normalized spacial score (nSPS) is 11.9. The molecule has 1 aromatic carbocycles. The molecule has 0 saturated carbocycles. The van der Waals surface area contributed by atoms with Crippen LogP contribution in [0.5, 0.6) is 11.5 Å². The highest BCUT2D eigenvalue weighted by molar-refractivity contribution is 5.80. The number of nitrogen functional groups attached to an aromatic ring is 1. The number of phenols is 1. The molecule has 0 aromatic heterocycles. The highest BCUT2D eigenvalue weighted by Gasteiger charge is 2.21. The first kappa shape index (κ1) is 12.2. The molecule has 1 aromatic rings. The van der Waals surface area contributed by atoms with Gasteiger partial charge in [-0.1, -0.05) is 0 Å². The molecule has 0 amide bonds. The topological polar surface area (TPSA) is 81.8 Å². The van der Waals surface area contributed by atoms with E-state index in [1.54, 1.807) is 13.0 Å². The maximum atomic E-state index is 11.4. The molecule has 0 aliphatic carbocycles. The van der Waals surface area contributed by atoms with Gasteiger partial charge in [0.1, 0.15) is 11.5 Å². The number of carbonyl (C=O) groups excluding carboxylic acids is 1. The Bertz CT molecular complexity index is 403. The minimum Gasteiger partial charge on any atom is -0.505 e. The number of nitrogens with two attached hydrogens (primary N) is 1. The number of ether oxygens (including phenoxy) is 2. The quantitative estimate of drug-likeness (QED) is 0.459. The summed E-state index contributed by atoms with van der Waals surface area (Å²) in [5.41, 5.74) is 6.16. The fraction of sp³-hybridized carbons (Fsp3) is 0.364. The Morgan fingerprint density at radius 3 is 2.56 bits per heavy atom. The van der Waals surface area contributed by atoms with E-state index in [0.717, 1.165) is 0 Å². The molecule has 16 heavy (non-hydrogen) atoms. The second-order valence-corrected chi connectivity index (χ2v) is 3.40. The second kappa shape index (κ2) is 4.74. The minimum atomic E-state index is -0.595. The molecule has 1 unspecified atom stereocenters. The van der Waals surface area contributed by atoms with Crippen LogP contribution in [0.3, 0.4) is 0 Å². The lowest BCUT2D eigenvalue weighted by molar-refractivity contribution is -0.142. The molecule has 1 rings (SSSR count). The molecule has 0 aliphatic heterocycles. The third-order valence-electron chi connectivity index (χ3n) is 2.40. The van der Waals surface area contributed by atoms with E-state index in [-0.39, 0.29) is 11.4 Å². The van der Waals surface area contributed by atoms with Crippen molar-refractivity contribution in [3.63, 3.8) is 0 Å². The Kier molecular flexibility index (Phi) is 3.60. The first-order valence-corrected chi connectivity index (χ1v) is 4.75. The molecule has 5 heteroatoms. The molecule has 0 spiro atoms. The van der Waals surface area contributed by atoms with Gasteiger partial charge in [-0.25, -0.2) is 0 Å². The molecular weight excluding hydrogens is 210 g/mol. The van der Waals surface area contributed by atoms with Crippen LogP contribution in [0.4, 0.5) is 5.69 Å².